The SMILES string of the molecule is COc1ccc(C2OC[C@H]3O[C@@H](O[C@H]4[C@H](O)[C@@H](O)C(O)O[C@@H]4CO)[C@H](O)[C@@H](O)[C@@H]3O2)cc1. The van der Waals surface area contributed by atoms with Crippen LogP contribution in [0.25, 0.3) is 0 Å². The van der Waals surface area contributed by atoms with E-state index in [4.69, 9.17) is 28.4 Å². The molecule has 3 heterocycles. The highest BCUT2D eigenvalue weighted by Gasteiger charge is 2.52. The first-order valence-electron chi connectivity index (χ1n) is 10.2. The smallest absolute Gasteiger partial charge is 0.187 e. The third-order valence-electron chi connectivity index (χ3n) is 5.85. The Morgan fingerprint density at radius 3 is 2.28 bits per heavy atom. The van der Waals surface area contributed by atoms with E-state index >= 15 is 0 Å². The molecule has 180 valence electrons. The van der Waals surface area contributed by atoms with Crippen LogP contribution in [-0.4, -0.2) is 112 Å². The van der Waals surface area contributed by atoms with E-state index < -0.39 is 74.3 Å². The van der Waals surface area contributed by atoms with Gasteiger partial charge in [0, 0.05) is 5.56 Å². The normalized spacial score (nSPS) is 44.7. The summed E-state index contributed by atoms with van der Waals surface area (Å²) >= 11 is 0. The van der Waals surface area contributed by atoms with Crippen molar-refractivity contribution in [2.24, 2.45) is 0 Å². The number of hydrogen-bond donors (Lipinski definition) is 6. The lowest BCUT2D eigenvalue weighted by atomic mass is 9.96. The fraction of sp³-hybridized carbons (Fsp3) is 0.700. The van der Waals surface area contributed by atoms with E-state index in [1.165, 1.54) is 0 Å². The van der Waals surface area contributed by atoms with E-state index in [0.717, 1.165) is 0 Å². The van der Waals surface area contributed by atoms with E-state index in [2.05, 4.69) is 0 Å². The molecule has 3 aliphatic heterocycles. The minimum Gasteiger partial charge on any atom is -0.497 e. The number of hydrogen-bond acceptors (Lipinski definition) is 12. The van der Waals surface area contributed by atoms with Gasteiger partial charge in [0.25, 0.3) is 0 Å². The van der Waals surface area contributed by atoms with Gasteiger partial charge in [-0.15, -0.1) is 0 Å². The number of aliphatic hydroxyl groups is 6. The second-order valence-corrected chi connectivity index (χ2v) is 7.89. The quantitative estimate of drug-likeness (QED) is 0.270. The monoisotopic (exact) mass is 460 g/mol. The largest absolute Gasteiger partial charge is 0.497 e. The van der Waals surface area contributed by atoms with Crippen molar-refractivity contribution in [1.29, 1.82) is 0 Å². The Bertz CT molecular complexity index is 743. The Labute approximate surface area is 183 Å². The van der Waals surface area contributed by atoms with Crippen LogP contribution in [0.4, 0.5) is 0 Å². The molecule has 2 unspecified atom stereocenters. The molecule has 0 saturated carbocycles. The number of aliphatic hydroxyl groups excluding tert-OH is 6. The Balaban J connectivity index is 1.43. The van der Waals surface area contributed by atoms with Gasteiger partial charge in [-0.1, -0.05) is 12.1 Å². The third kappa shape index (κ3) is 4.49. The zero-order chi connectivity index (χ0) is 23.0. The molecule has 1 aromatic rings. The van der Waals surface area contributed by atoms with Crippen molar-refractivity contribution in [3.8, 4) is 5.75 Å². The molecule has 12 heteroatoms. The van der Waals surface area contributed by atoms with Crippen molar-refractivity contribution >= 4 is 0 Å². The number of benzene rings is 1. The van der Waals surface area contributed by atoms with Crippen LogP contribution in [-0.2, 0) is 23.7 Å². The van der Waals surface area contributed by atoms with E-state index in [9.17, 15) is 30.6 Å². The number of ether oxygens (including phenoxy) is 6. The third-order valence-corrected chi connectivity index (χ3v) is 5.85. The molecule has 0 spiro atoms. The second-order valence-electron chi connectivity index (χ2n) is 7.89. The summed E-state index contributed by atoms with van der Waals surface area (Å²) in [5, 5.41) is 60.4. The maximum absolute atomic E-state index is 10.7. The summed E-state index contributed by atoms with van der Waals surface area (Å²) in [6, 6.07) is 6.98. The summed E-state index contributed by atoms with van der Waals surface area (Å²) in [4.78, 5) is 0. The van der Waals surface area contributed by atoms with Crippen molar-refractivity contribution in [2.45, 2.75) is 67.7 Å². The van der Waals surface area contributed by atoms with Crippen LogP contribution in [0.3, 0.4) is 0 Å². The van der Waals surface area contributed by atoms with Crippen LogP contribution >= 0.6 is 0 Å². The average molecular weight is 460 g/mol. The van der Waals surface area contributed by atoms with Gasteiger partial charge >= 0.3 is 0 Å². The van der Waals surface area contributed by atoms with Gasteiger partial charge < -0.3 is 59.1 Å². The first-order valence-corrected chi connectivity index (χ1v) is 10.2. The lowest BCUT2D eigenvalue weighted by Crippen LogP contribution is -2.65. The summed E-state index contributed by atoms with van der Waals surface area (Å²) in [6.07, 6.45) is -14.6. The minimum atomic E-state index is -1.72. The van der Waals surface area contributed by atoms with Gasteiger partial charge in [-0.25, -0.2) is 0 Å². The molecule has 0 amide bonds. The van der Waals surface area contributed by atoms with Gasteiger partial charge in [0.2, 0.25) is 0 Å². The van der Waals surface area contributed by atoms with Gasteiger partial charge in [-0.05, 0) is 12.1 Å². The fourth-order valence-corrected chi connectivity index (χ4v) is 4.01. The molecule has 3 aliphatic rings. The van der Waals surface area contributed by atoms with Crippen LogP contribution in [0.1, 0.15) is 11.9 Å². The highest BCUT2D eigenvalue weighted by atomic mass is 16.8. The second kappa shape index (κ2) is 9.83. The predicted molar refractivity (Wildman–Crippen MR) is 102 cm³/mol. The van der Waals surface area contributed by atoms with Gasteiger partial charge in [0.1, 0.15) is 54.6 Å². The first kappa shape index (κ1) is 23.7. The summed E-state index contributed by atoms with van der Waals surface area (Å²) < 4.78 is 33.0. The topological polar surface area (TPSA) is 177 Å². The van der Waals surface area contributed by atoms with E-state index in [1.807, 2.05) is 0 Å². The molecule has 0 aromatic heterocycles. The zero-order valence-corrected chi connectivity index (χ0v) is 17.2. The molecule has 32 heavy (non-hydrogen) atoms. The number of methoxy groups -OCH3 is 1. The number of rotatable bonds is 5. The van der Waals surface area contributed by atoms with Crippen LogP contribution in [0, 0.1) is 0 Å². The summed E-state index contributed by atoms with van der Waals surface area (Å²) in [5.74, 6) is 0.659. The Hall–Kier alpha value is -1.42. The van der Waals surface area contributed by atoms with Crippen molar-refractivity contribution in [2.75, 3.05) is 20.3 Å². The van der Waals surface area contributed by atoms with Crippen LogP contribution in [0.2, 0.25) is 0 Å². The summed E-state index contributed by atoms with van der Waals surface area (Å²) in [7, 11) is 1.55. The fourth-order valence-electron chi connectivity index (χ4n) is 4.01. The molecule has 0 aliphatic carbocycles. The van der Waals surface area contributed by atoms with Crippen LogP contribution < -0.4 is 4.74 Å². The molecule has 11 atom stereocenters. The Kier molecular flexibility index (Phi) is 7.29. The Morgan fingerprint density at radius 1 is 0.906 bits per heavy atom. The molecular formula is C20H28O12. The van der Waals surface area contributed by atoms with Gasteiger partial charge in [-0.2, -0.15) is 0 Å². The molecule has 0 bridgehead atoms. The van der Waals surface area contributed by atoms with Crippen molar-refractivity contribution in [3.63, 3.8) is 0 Å². The highest BCUT2D eigenvalue weighted by molar-refractivity contribution is 5.28. The number of fused-ring (bicyclic) bond motifs is 1. The molecule has 4 rings (SSSR count). The van der Waals surface area contributed by atoms with Crippen molar-refractivity contribution in [3.05, 3.63) is 29.8 Å². The van der Waals surface area contributed by atoms with Gasteiger partial charge in [-0.3, -0.25) is 0 Å². The molecule has 6 N–H and O–H groups in total. The maximum atomic E-state index is 10.7. The van der Waals surface area contributed by atoms with E-state index in [0.29, 0.717) is 11.3 Å². The Morgan fingerprint density at radius 2 is 1.62 bits per heavy atom. The van der Waals surface area contributed by atoms with Gasteiger partial charge in [0.15, 0.2) is 18.9 Å². The molecule has 12 nitrogen and oxygen atoms in total. The predicted octanol–water partition coefficient (Wildman–Crippen LogP) is -2.63. The molecule has 0 radical (unpaired) electrons. The van der Waals surface area contributed by atoms with Crippen molar-refractivity contribution < 1.29 is 59.1 Å². The first-order chi connectivity index (χ1) is 15.3. The maximum Gasteiger partial charge on any atom is 0.187 e. The van der Waals surface area contributed by atoms with Crippen LogP contribution in [0.15, 0.2) is 24.3 Å². The molecule has 3 saturated heterocycles. The van der Waals surface area contributed by atoms with Crippen molar-refractivity contribution in [1.82, 2.24) is 0 Å². The lowest BCUT2D eigenvalue weighted by molar-refractivity contribution is -0.384. The average Bonchev–Trinajstić information content (AvgIpc) is 2.82. The highest BCUT2D eigenvalue weighted by Crippen LogP contribution is 2.36. The molecule has 3 fully saturated rings. The molecule has 1 aromatic carbocycles. The summed E-state index contributed by atoms with van der Waals surface area (Å²) in [6.45, 7) is -0.627. The summed E-state index contributed by atoms with van der Waals surface area (Å²) in [5.41, 5.74) is 0.685. The van der Waals surface area contributed by atoms with E-state index in [1.54, 1.807) is 31.4 Å². The standard InChI is InChI=1S/C20H28O12/c1-27-9-4-2-8(3-5-9)19-28-7-11-17(31-19)13(23)15(25)20(30-11)32-16-10(6-21)29-18(26)14(24)12(16)22/h2-5,10-26H,6-7H2,1H3/t10-,11-,12-,13-,14-,15-,16-,17-,18?,19?,20+/m1/s1. The zero-order valence-electron chi connectivity index (χ0n) is 17.2. The van der Waals surface area contributed by atoms with Crippen LogP contribution in [0.5, 0.6) is 5.75 Å². The molecular weight excluding hydrogens is 432 g/mol. The van der Waals surface area contributed by atoms with E-state index in [-0.39, 0.29) is 6.61 Å². The minimum absolute atomic E-state index is 0.0134. The lowest BCUT2D eigenvalue weighted by Gasteiger charge is -2.48. The van der Waals surface area contributed by atoms with Gasteiger partial charge in [0.05, 0.1) is 20.3 Å².